The van der Waals surface area contributed by atoms with E-state index in [1.807, 2.05) is 54.3 Å². The van der Waals surface area contributed by atoms with Crippen molar-refractivity contribution >= 4 is 34.4 Å². The molecule has 48 heavy (non-hydrogen) atoms. The lowest BCUT2D eigenvalue weighted by Gasteiger charge is -2.40. The number of Topliss-reactive ketones (excluding diaryl/α,β-unsaturated/α-hetero) is 1. The maximum atomic E-state index is 13.9. The van der Waals surface area contributed by atoms with E-state index in [0.29, 0.717) is 50.3 Å². The highest BCUT2D eigenvalue weighted by molar-refractivity contribution is 5.96. The first kappa shape index (κ1) is 31.0. The average Bonchev–Trinajstić information content (AvgIpc) is 3.74. The highest BCUT2D eigenvalue weighted by Gasteiger charge is 2.34. The number of benzene rings is 3. The molecule has 7 rings (SSSR count). The number of carbonyl (C=O) groups excluding carboxylic acids is 3. The molecule has 246 valence electrons. The van der Waals surface area contributed by atoms with Crippen molar-refractivity contribution in [1.82, 2.24) is 45.5 Å². The summed E-state index contributed by atoms with van der Waals surface area (Å²) in [6.45, 7) is 5.53. The van der Waals surface area contributed by atoms with Crippen LogP contribution in [0.3, 0.4) is 0 Å². The van der Waals surface area contributed by atoms with Crippen LogP contribution in [0.5, 0.6) is 0 Å². The molecule has 0 radical (unpaired) electrons. The molecule has 2 aromatic heterocycles. The molecule has 5 aromatic rings. The Kier molecular flexibility index (Phi) is 8.57. The number of aromatic amines is 1. The number of ketones is 1. The monoisotopic (exact) mass is 646 g/mol. The van der Waals surface area contributed by atoms with Crippen LogP contribution in [0.4, 0.5) is 15.3 Å². The van der Waals surface area contributed by atoms with Gasteiger partial charge in [-0.1, -0.05) is 61.5 Å². The van der Waals surface area contributed by atoms with Crippen LogP contribution >= 0.6 is 0 Å². The number of nitrogens with one attached hydrogen (secondary N) is 3. The number of piperidine rings is 1. The maximum Gasteiger partial charge on any atom is 0.322 e. The van der Waals surface area contributed by atoms with E-state index in [0.717, 1.165) is 45.4 Å². The lowest BCUT2D eigenvalue weighted by molar-refractivity contribution is 0.0965. The van der Waals surface area contributed by atoms with Crippen molar-refractivity contribution in [3.63, 3.8) is 0 Å². The molecule has 1 unspecified atom stereocenters. The van der Waals surface area contributed by atoms with Gasteiger partial charge in [-0.2, -0.15) is 5.10 Å². The average molecular weight is 647 g/mol. The van der Waals surface area contributed by atoms with Gasteiger partial charge in [0.25, 0.3) is 0 Å². The summed E-state index contributed by atoms with van der Waals surface area (Å²) >= 11 is 0. The van der Waals surface area contributed by atoms with Crippen molar-refractivity contribution in [2.75, 3.05) is 18.4 Å². The number of nitrogens with zero attached hydrogens (tertiary/aromatic N) is 7. The Morgan fingerprint density at radius 1 is 1.04 bits per heavy atom. The Morgan fingerprint density at radius 3 is 2.60 bits per heavy atom. The quantitative estimate of drug-likeness (QED) is 0.194. The number of para-hydroxylation sites is 1. The molecule has 1 fully saturated rings. The van der Waals surface area contributed by atoms with E-state index < -0.39 is 6.04 Å². The van der Waals surface area contributed by atoms with E-state index in [1.54, 1.807) is 17.0 Å². The standard InChI is InChI=1S/C35H38N10O3/c1-3-24-17-23(18-28-22(2)38-39-32(24)28)19-30(33-40-41-42-45(33)21-31(46)25-9-5-4-6-10-25)37-34(47)43-15-13-27(14-16-43)44-20-26-11-7-8-12-29(26)36-35(44)48/h4-12,17-18,27,30H,3,13-16,19-21H2,1-2H3,(H,36,48)(H,37,47)(H,38,39). The second-order valence-electron chi connectivity index (χ2n) is 12.5. The van der Waals surface area contributed by atoms with E-state index in [2.05, 4.69) is 55.4 Å². The van der Waals surface area contributed by atoms with E-state index in [1.165, 1.54) is 4.68 Å². The minimum absolute atomic E-state index is 0.0203. The number of carbonyl (C=O) groups is 3. The van der Waals surface area contributed by atoms with Crippen LogP contribution in [-0.2, 0) is 25.9 Å². The Morgan fingerprint density at radius 2 is 1.81 bits per heavy atom. The third-order valence-electron chi connectivity index (χ3n) is 9.44. The predicted molar refractivity (Wildman–Crippen MR) is 179 cm³/mol. The van der Waals surface area contributed by atoms with Crippen LogP contribution < -0.4 is 10.6 Å². The lowest BCUT2D eigenvalue weighted by Crippen LogP contribution is -2.53. The Hall–Kier alpha value is -5.59. The van der Waals surface area contributed by atoms with Gasteiger partial charge < -0.3 is 20.4 Å². The van der Waals surface area contributed by atoms with Crippen LogP contribution in [0.15, 0.2) is 66.7 Å². The van der Waals surface area contributed by atoms with Gasteiger partial charge >= 0.3 is 12.1 Å². The van der Waals surface area contributed by atoms with Gasteiger partial charge in [-0.3, -0.25) is 9.89 Å². The number of aryl methyl sites for hydroxylation is 2. The number of hydrogen-bond donors (Lipinski definition) is 3. The summed E-state index contributed by atoms with van der Waals surface area (Å²) in [7, 11) is 0. The fourth-order valence-electron chi connectivity index (χ4n) is 6.79. The molecule has 4 amide bonds. The molecule has 1 saturated heterocycles. The summed E-state index contributed by atoms with van der Waals surface area (Å²) in [4.78, 5) is 43.6. The highest BCUT2D eigenvalue weighted by Crippen LogP contribution is 2.29. The fraction of sp³-hybridized carbons (Fsp3) is 0.343. The van der Waals surface area contributed by atoms with Crippen molar-refractivity contribution in [3.8, 4) is 0 Å². The molecule has 0 aliphatic carbocycles. The molecule has 0 bridgehead atoms. The van der Waals surface area contributed by atoms with Crippen molar-refractivity contribution < 1.29 is 14.4 Å². The predicted octanol–water partition coefficient (Wildman–Crippen LogP) is 4.81. The smallest absolute Gasteiger partial charge is 0.322 e. The Balaban J connectivity index is 1.10. The first-order valence-corrected chi connectivity index (χ1v) is 16.4. The lowest BCUT2D eigenvalue weighted by atomic mass is 9.98. The Bertz CT molecular complexity index is 1960. The fourth-order valence-corrected chi connectivity index (χ4v) is 6.79. The molecule has 1 atom stereocenters. The van der Waals surface area contributed by atoms with Crippen LogP contribution in [0.1, 0.15) is 64.4 Å². The van der Waals surface area contributed by atoms with Gasteiger partial charge in [0.2, 0.25) is 0 Å². The second-order valence-corrected chi connectivity index (χ2v) is 12.5. The molecule has 0 saturated carbocycles. The normalized spacial score (nSPS) is 15.7. The van der Waals surface area contributed by atoms with Crippen LogP contribution in [0, 0.1) is 6.92 Å². The summed E-state index contributed by atoms with van der Waals surface area (Å²) in [6, 6.07) is 20.1. The second kappa shape index (κ2) is 13.3. The Labute approximate surface area is 277 Å². The van der Waals surface area contributed by atoms with Gasteiger partial charge in [0.15, 0.2) is 11.6 Å². The molecular formula is C35H38N10O3. The van der Waals surface area contributed by atoms with Crippen LogP contribution in [0.25, 0.3) is 10.9 Å². The first-order valence-electron chi connectivity index (χ1n) is 16.4. The van der Waals surface area contributed by atoms with E-state index in [9.17, 15) is 14.4 Å². The number of hydrogen-bond acceptors (Lipinski definition) is 7. The molecule has 2 aliphatic heterocycles. The van der Waals surface area contributed by atoms with Crippen molar-refractivity contribution in [3.05, 3.63) is 101 Å². The molecule has 13 nitrogen and oxygen atoms in total. The van der Waals surface area contributed by atoms with Crippen LogP contribution in [0.2, 0.25) is 0 Å². The third kappa shape index (κ3) is 6.23. The minimum Gasteiger partial charge on any atom is -0.328 e. The highest BCUT2D eigenvalue weighted by atomic mass is 16.2. The molecule has 4 heterocycles. The van der Waals surface area contributed by atoms with Crippen molar-refractivity contribution in [2.24, 2.45) is 0 Å². The molecule has 13 heteroatoms. The van der Waals surface area contributed by atoms with E-state index >= 15 is 0 Å². The zero-order chi connectivity index (χ0) is 33.2. The molecule has 3 aromatic carbocycles. The largest absolute Gasteiger partial charge is 0.328 e. The zero-order valence-corrected chi connectivity index (χ0v) is 27.0. The van der Waals surface area contributed by atoms with Gasteiger partial charge in [0.1, 0.15) is 6.54 Å². The third-order valence-corrected chi connectivity index (χ3v) is 9.44. The number of fused-ring (bicyclic) bond motifs is 2. The number of anilines is 1. The zero-order valence-electron chi connectivity index (χ0n) is 27.0. The van der Waals surface area contributed by atoms with E-state index in [-0.39, 0.29) is 30.4 Å². The molecule has 3 N–H and O–H groups in total. The number of amides is 4. The number of urea groups is 2. The van der Waals surface area contributed by atoms with Crippen LogP contribution in [-0.4, -0.2) is 77.2 Å². The summed E-state index contributed by atoms with van der Waals surface area (Å²) in [5.74, 6) is 0.262. The summed E-state index contributed by atoms with van der Waals surface area (Å²) in [6.07, 6.45) is 2.53. The number of tetrazole rings is 1. The summed E-state index contributed by atoms with van der Waals surface area (Å²) in [5.41, 5.74) is 6.51. The molecule has 2 aliphatic rings. The van der Waals surface area contributed by atoms with Crippen molar-refractivity contribution in [2.45, 2.75) is 64.7 Å². The van der Waals surface area contributed by atoms with Gasteiger partial charge in [0, 0.05) is 48.7 Å². The minimum atomic E-state index is -0.618. The summed E-state index contributed by atoms with van der Waals surface area (Å²) in [5, 5.41) is 27.2. The van der Waals surface area contributed by atoms with E-state index in [4.69, 9.17) is 0 Å². The SMILES string of the molecule is CCc1cc(CC(NC(=O)N2CCC(N3Cc4ccccc4NC3=O)CC2)c2nnnn2CC(=O)c2ccccc2)cc2c(C)n[nH]c12. The van der Waals surface area contributed by atoms with Gasteiger partial charge in [-0.25, -0.2) is 14.3 Å². The topological polar surface area (TPSA) is 154 Å². The maximum absolute atomic E-state index is 13.9. The first-order chi connectivity index (χ1) is 23.4. The van der Waals surface area contributed by atoms with Gasteiger partial charge in [-0.05, 0) is 65.4 Å². The van der Waals surface area contributed by atoms with Gasteiger partial charge in [0.05, 0.1) is 17.3 Å². The number of H-pyrrole nitrogens is 1. The summed E-state index contributed by atoms with van der Waals surface area (Å²) < 4.78 is 1.47. The van der Waals surface area contributed by atoms with Crippen molar-refractivity contribution in [1.29, 1.82) is 0 Å². The number of aromatic nitrogens is 6. The van der Waals surface area contributed by atoms with Gasteiger partial charge in [-0.15, -0.1) is 5.10 Å². The molecule has 0 spiro atoms. The number of rotatable bonds is 9. The molecular weight excluding hydrogens is 608 g/mol. The number of likely N-dealkylation sites (tertiary alicyclic amines) is 1.